The molecule has 104 valence electrons. The van der Waals surface area contributed by atoms with Crippen LogP contribution in [0.5, 0.6) is 0 Å². The molecule has 0 aromatic heterocycles. The molecule has 3 N–H and O–H groups in total. The quantitative estimate of drug-likeness (QED) is 0.818. The molecule has 1 saturated carbocycles. The van der Waals surface area contributed by atoms with Crippen molar-refractivity contribution in [3.8, 4) is 0 Å². The number of nitrogens with two attached hydrogens (primary N) is 1. The van der Waals surface area contributed by atoms with E-state index in [2.05, 4.69) is 5.32 Å². The molecule has 1 aromatic rings. The number of hydrogen-bond acceptors (Lipinski definition) is 3. The van der Waals surface area contributed by atoms with Crippen LogP contribution in [0.3, 0.4) is 0 Å². The standard InChI is InChI=1S/C15H22N2O2/c16-13-9-5-2-6-10-14(13)19-11-15(18)17-12-7-3-1-4-8-12/h1,3-4,7-8,13-14H,2,5-6,9-11,16H2,(H,17,18). The van der Waals surface area contributed by atoms with Gasteiger partial charge in [-0.25, -0.2) is 0 Å². The largest absolute Gasteiger partial charge is 0.367 e. The van der Waals surface area contributed by atoms with E-state index in [-0.39, 0.29) is 24.7 Å². The monoisotopic (exact) mass is 262 g/mol. The second-order valence-corrected chi connectivity index (χ2v) is 5.07. The molecular weight excluding hydrogens is 240 g/mol. The van der Waals surface area contributed by atoms with Gasteiger partial charge in [0.1, 0.15) is 6.61 Å². The lowest BCUT2D eigenvalue weighted by atomic mass is 10.1. The van der Waals surface area contributed by atoms with E-state index in [9.17, 15) is 4.79 Å². The normalized spacial score (nSPS) is 23.6. The van der Waals surface area contributed by atoms with Crippen molar-refractivity contribution in [1.29, 1.82) is 0 Å². The van der Waals surface area contributed by atoms with Crippen molar-refractivity contribution in [3.05, 3.63) is 30.3 Å². The Morgan fingerprint density at radius 2 is 1.95 bits per heavy atom. The van der Waals surface area contributed by atoms with Gasteiger partial charge in [-0.2, -0.15) is 0 Å². The minimum Gasteiger partial charge on any atom is -0.367 e. The van der Waals surface area contributed by atoms with E-state index in [4.69, 9.17) is 10.5 Å². The van der Waals surface area contributed by atoms with E-state index in [0.717, 1.165) is 31.4 Å². The number of anilines is 1. The van der Waals surface area contributed by atoms with Gasteiger partial charge in [0.2, 0.25) is 5.91 Å². The highest BCUT2D eigenvalue weighted by atomic mass is 16.5. The van der Waals surface area contributed by atoms with Crippen LogP contribution in [-0.4, -0.2) is 24.7 Å². The van der Waals surface area contributed by atoms with Gasteiger partial charge < -0.3 is 15.8 Å². The van der Waals surface area contributed by atoms with Crippen molar-refractivity contribution in [3.63, 3.8) is 0 Å². The topological polar surface area (TPSA) is 64.3 Å². The van der Waals surface area contributed by atoms with Crippen LogP contribution >= 0.6 is 0 Å². The summed E-state index contributed by atoms with van der Waals surface area (Å²) in [5, 5.41) is 2.81. The van der Waals surface area contributed by atoms with Gasteiger partial charge in [0.25, 0.3) is 0 Å². The average Bonchev–Trinajstić information content (AvgIpc) is 2.62. The molecule has 2 atom stereocenters. The van der Waals surface area contributed by atoms with Crippen LogP contribution < -0.4 is 11.1 Å². The van der Waals surface area contributed by atoms with E-state index in [0.29, 0.717) is 0 Å². The number of nitrogens with one attached hydrogen (secondary N) is 1. The first-order valence-corrected chi connectivity index (χ1v) is 6.98. The second-order valence-electron chi connectivity index (χ2n) is 5.07. The molecular formula is C15H22N2O2. The van der Waals surface area contributed by atoms with E-state index in [1.807, 2.05) is 30.3 Å². The summed E-state index contributed by atoms with van der Waals surface area (Å²) in [6.45, 7) is 0.0766. The molecule has 4 nitrogen and oxygen atoms in total. The summed E-state index contributed by atoms with van der Waals surface area (Å²) < 4.78 is 5.67. The SMILES string of the molecule is NC1CCCCCC1OCC(=O)Nc1ccccc1. The molecule has 0 bridgehead atoms. The summed E-state index contributed by atoms with van der Waals surface area (Å²) in [7, 11) is 0. The molecule has 0 saturated heterocycles. The van der Waals surface area contributed by atoms with Gasteiger partial charge in [0.05, 0.1) is 6.10 Å². The lowest BCUT2D eigenvalue weighted by molar-refractivity contribution is -0.123. The molecule has 1 aliphatic carbocycles. The number of rotatable bonds is 4. The van der Waals surface area contributed by atoms with Crippen LogP contribution in [-0.2, 0) is 9.53 Å². The summed E-state index contributed by atoms with van der Waals surface area (Å²) >= 11 is 0. The molecule has 0 heterocycles. The fourth-order valence-corrected chi connectivity index (χ4v) is 2.41. The van der Waals surface area contributed by atoms with Gasteiger partial charge in [-0.1, -0.05) is 37.5 Å². The minimum atomic E-state index is -0.123. The van der Waals surface area contributed by atoms with Gasteiger partial charge in [0, 0.05) is 11.7 Å². The summed E-state index contributed by atoms with van der Waals surface area (Å²) in [5.41, 5.74) is 6.85. The van der Waals surface area contributed by atoms with E-state index >= 15 is 0 Å². The maximum atomic E-state index is 11.8. The third-order valence-corrected chi connectivity index (χ3v) is 3.49. The van der Waals surface area contributed by atoms with Crippen molar-refractivity contribution < 1.29 is 9.53 Å². The van der Waals surface area contributed by atoms with Crippen LogP contribution in [0.2, 0.25) is 0 Å². The Bertz CT molecular complexity index is 394. The fourth-order valence-electron chi connectivity index (χ4n) is 2.41. The van der Waals surface area contributed by atoms with Crippen molar-refractivity contribution >= 4 is 11.6 Å². The third kappa shape index (κ3) is 4.65. The highest BCUT2D eigenvalue weighted by Crippen LogP contribution is 2.19. The van der Waals surface area contributed by atoms with E-state index in [1.165, 1.54) is 6.42 Å². The van der Waals surface area contributed by atoms with Crippen molar-refractivity contribution in [2.45, 2.75) is 44.2 Å². The average molecular weight is 262 g/mol. The molecule has 1 aliphatic rings. The van der Waals surface area contributed by atoms with E-state index < -0.39 is 0 Å². The predicted octanol–water partition coefficient (Wildman–Crippen LogP) is 2.30. The zero-order chi connectivity index (χ0) is 13.5. The number of ether oxygens (including phenoxy) is 1. The maximum Gasteiger partial charge on any atom is 0.250 e. The molecule has 2 rings (SSSR count). The molecule has 19 heavy (non-hydrogen) atoms. The van der Waals surface area contributed by atoms with Gasteiger partial charge in [0.15, 0.2) is 0 Å². The number of benzene rings is 1. The highest BCUT2D eigenvalue weighted by molar-refractivity contribution is 5.91. The van der Waals surface area contributed by atoms with Gasteiger partial charge in [-0.05, 0) is 25.0 Å². The Balaban J connectivity index is 1.76. The Hall–Kier alpha value is -1.39. The van der Waals surface area contributed by atoms with Gasteiger partial charge in [-0.3, -0.25) is 4.79 Å². The zero-order valence-electron chi connectivity index (χ0n) is 11.2. The zero-order valence-corrected chi connectivity index (χ0v) is 11.2. The number of para-hydroxylation sites is 1. The lowest BCUT2D eigenvalue weighted by Crippen LogP contribution is -2.37. The Labute approximate surface area is 114 Å². The smallest absolute Gasteiger partial charge is 0.250 e. The van der Waals surface area contributed by atoms with Crippen molar-refractivity contribution in [1.82, 2.24) is 0 Å². The van der Waals surface area contributed by atoms with Crippen LogP contribution in [0.25, 0.3) is 0 Å². The maximum absolute atomic E-state index is 11.8. The number of carbonyl (C=O) groups excluding carboxylic acids is 1. The first kappa shape index (κ1) is 14.0. The Morgan fingerprint density at radius 1 is 1.21 bits per heavy atom. The number of carbonyl (C=O) groups is 1. The molecule has 0 radical (unpaired) electrons. The van der Waals surface area contributed by atoms with Crippen LogP contribution in [0.15, 0.2) is 30.3 Å². The second kappa shape index (κ2) is 7.26. The molecule has 1 amide bonds. The molecule has 4 heteroatoms. The first-order valence-electron chi connectivity index (χ1n) is 6.98. The number of amides is 1. The summed E-state index contributed by atoms with van der Waals surface area (Å²) in [6, 6.07) is 9.46. The van der Waals surface area contributed by atoms with Crippen LogP contribution in [0, 0.1) is 0 Å². The highest BCUT2D eigenvalue weighted by Gasteiger charge is 2.21. The molecule has 2 unspecified atom stereocenters. The van der Waals surface area contributed by atoms with Crippen molar-refractivity contribution in [2.75, 3.05) is 11.9 Å². The van der Waals surface area contributed by atoms with Gasteiger partial charge >= 0.3 is 0 Å². The minimum absolute atomic E-state index is 0.0176. The Morgan fingerprint density at radius 3 is 2.74 bits per heavy atom. The molecule has 0 aliphatic heterocycles. The van der Waals surface area contributed by atoms with Crippen LogP contribution in [0.1, 0.15) is 32.1 Å². The molecule has 1 aromatic carbocycles. The fraction of sp³-hybridized carbons (Fsp3) is 0.533. The van der Waals surface area contributed by atoms with Crippen molar-refractivity contribution in [2.24, 2.45) is 5.73 Å². The summed E-state index contributed by atoms with van der Waals surface area (Å²) in [5.74, 6) is -0.123. The van der Waals surface area contributed by atoms with Gasteiger partial charge in [-0.15, -0.1) is 0 Å². The van der Waals surface area contributed by atoms with Crippen LogP contribution in [0.4, 0.5) is 5.69 Å². The summed E-state index contributed by atoms with van der Waals surface area (Å²) in [4.78, 5) is 11.8. The molecule has 0 spiro atoms. The lowest BCUT2D eigenvalue weighted by Gasteiger charge is -2.21. The predicted molar refractivity (Wildman–Crippen MR) is 75.9 cm³/mol. The number of hydrogen-bond donors (Lipinski definition) is 2. The Kier molecular flexibility index (Phi) is 5.36. The third-order valence-electron chi connectivity index (χ3n) is 3.49. The van der Waals surface area contributed by atoms with E-state index in [1.54, 1.807) is 0 Å². The first-order chi connectivity index (χ1) is 9.25. The molecule has 1 fully saturated rings. The summed E-state index contributed by atoms with van der Waals surface area (Å²) in [6.07, 6.45) is 5.48.